The molecule has 0 saturated heterocycles. The van der Waals surface area contributed by atoms with Crippen molar-refractivity contribution in [1.82, 2.24) is 5.32 Å². The normalized spacial score (nSPS) is 39.0. The number of allylic oxidation sites excluding steroid dienone is 3. The highest BCUT2D eigenvalue weighted by Gasteiger charge is 2.57. The number of aliphatic carboxylic acids is 2. The number of amides is 1. The minimum Gasteiger partial charge on any atom is -0.481 e. The molecule has 0 bridgehead atoms. The Morgan fingerprint density at radius 3 is 2.53 bits per heavy atom. The molecule has 3 rings (SSSR count). The van der Waals surface area contributed by atoms with Gasteiger partial charge in [0, 0.05) is 0 Å². The van der Waals surface area contributed by atoms with E-state index in [0.29, 0.717) is 12.3 Å². The highest BCUT2D eigenvalue weighted by atomic mass is 16.4. The molecule has 0 radical (unpaired) electrons. The molecule has 6 atom stereocenters. The average molecular weight is 418 g/mol. The molecule has 2 fully saturated rings. The van der Waals surface area contributed by atoms with E-state index in [2.05, 4.69) is 37.9 Å². The van der Waals surface area contributed by atoms with Gasteiger partial charge in [0.2, 0.25) is 5.91 Å². The third kappa shape index (κ3) is 3.81. The Kier molecular flexibility index (Phi) is 5.91. The van der Waals surface area contributed by atoms with Crippen LogP contribution in [0, 0.1) is 28.1 Å². The molecular weight excluding hydrogens is 382 g/mol. The first-order chi connectivity index (χ1) is 13.9. The second kappa shape index (κ2) is 7.86. The fourth-order valence-electron chi connectivity index (χ4n) is 6.58. The SMILES string of the molecule is C=C[C@]1(C)CC=C2C(CCC3[C@@](C)(C(=O)N[C@@H](CC(=O)O)C(=O)O)CCC[C@]23C)C1. The van der Waals surface area contributed by atoms with Gasteiger partial charge in [-0.3, -0.25) is 9.59 Å². The van der Waals surface area contributed by atoms with Crippen LogP contribution in [0.15, 0.2) is 24.3 Å². The molecule has 3 aliphatic carbocycles. The van der Waals surface area contributed by atoms with Gasteiger partial charge in [-0.15, -0.1) is 6.58 Å². The molecule has 3 aliphatic rings. The molecule has 2 saturated carbocycles. The Bertz CT molecular complexity index is 788. The smallest absolute Gasteiger partial charge is 0.326 e. The Morgan fingerprint density at radius 1 is 1.23 bits per heavy atom. The van der Waals surface area contributed by atoms with Crippen molar-refractivity contribution >= 4 is 17.8 Å². The van der Waals surface area contributed by atoms with Crippen molar-refractivity contribution in [2.24, 2.45) is 28.1 Å². The number of hydrogen-bond donors (Lipinski definition) is 3. The van der Waals surface area contributed by atoms with Gasteiger partial charge in [-0.2, -0.15) is 0 Å². The molecule has 2 unspecified atom stereocenters. The van der Waals surface area contributed by atoms with E-state index in [0.717, 1.165) is 38.5 Å². The van der Waals surface area contributed by atoms with Crippen LogP contribution in [0.1, 0.15) is 72.1 Å². The van der Waals surface area contributed by atoms with Gasteiger partial charge >= 0.3 is 11.9 Å². The lowest BCUT2D eigenvalue weighted by Crippen LogP contribution is -2.57. The van der Waals surface area contributed by atoms with Crippen LogP contribution < -0.4 is 5.32 Å². The highest BCUT2D eigenvalue weighted by molar-refractivity contribution is 5.89. The molecular formula is C24H35NO5. The lowest BCUT2D eigenvalue weighted by molar-refractivity contribution is -0.151. The second-order valence-corrected chi connectivity index (χ2v) is 10.4. The fraction of sp³-hybridized carbons (Fsp3) is 0.708. The zero-order chi connectivity index (χ0) is 22.3. The molecule has 3 N–H and O–H groups in total. The molecule has 0 aromatic carbocycles. The summed E-state index contributed by atoms with van der Waals surface area (Å²) >= 11 is 0. The minimum absolute atomic E-state index is 0.0821. The average Bonchev–Trinajstić information content (AvgIpc) is 2.66. The van der Waals surface area contributed by atoms with E-state index < -0.39 is 29.8 Å². The number of carboxylic acids is 2. The number of carbonyl (C=O) groups excluding carboxylic acids is 1. The van der Waals surface area contributed by atoms with Crippen molar-refractivity contribution in [3.8, 4) is 0 Å². The van der Waals surface area contributed by atoms with Crippen LogP contribution in [0.25, 0.3) is 0 Å². The molecule has 0 heterocycles. The lowest BCUT2D eigenvalue weighted by Gasteiger charge is -2.58. The van der Waals surface area contributed by atoms with Crippen LogP contribution in [-0.2, 0) is 14.4 Å². The Balaban J connectivity index is 1.88. The molecule has 0 aliphatic heterocycles. The Morgan fingerprint density at radius 2 is 1.93 bits per heavy atom. The number of hydrogen-bond acceptors (Lipinski definition) is 3. The third-order valence-corrected chi connectivity index (χ3v) is 8.33. The summed E-state index contributed by atoms with van der Waals surface area (Å²) in [5.41, 5.74) is 0.807. The summed E-state index contributed by atoms with van der Waals surface area (Å²) in [6.45, 7) is 10.5. The zero-order valence-electron chi connectivity index (χ0n) is 18.4. The van der Waals surface area contributed by atoms with Gasteiger partial charge in [0.05, 0.1) is 11.8 Å². The van der Waals surface area contributed by atoms with Gasteiger partial charge in [0.25, 0.3) is 0 Å². The third-order valence-electron chi connectivity index (χ3n) is 8.33. The molecule has 6 nitrogen and oxygen atoms in total. The van der Waals surface area contributed by atoms with Crippen molar-refractivity contribution in [3.63, 3.8) is 0 Å². The van der Waals surface area contributed by atoms with Crippen LogP contribution in [0.4, 0.5) is 0 Å². The maximum Gasteiger partial charge on any atom is 0.326 e. The number of carboxylic acid groups (broad SMARTS) is 2. The molecule has 0 aromatic rings. The summed E-state index contributed by atoms with van der Waals surface area (Å²) in [7, 11) is 0. The quantitative estimate of drug-likeness (QED) is 0.563. The van der Waals surface area contributed by atoms with Gasteiger partial charge in [-0.05, 0) is 61.2 Å². The molecule has 166 valence electrons. The van der Waals surface area contributed by atoms with E-state index in [-0.39, 0.29) is 22.7 Å². The standard InChI is InChI=1S/C24H35NO5/c1-5-22(2)12-9-16-15(14-22)7-8-18-23(16,3)10-6-11-24(18,4)21(30)25-17(20(28)29)13-19(26)27/h5,9,15,17-18H,1,6-8,10-14H2,2-4H3,(H,25,30)(H,26,27)(H,28,29)/t15?,17-,18?,22+,23+,24-/m0/s1. The van der Waals surface area contributed by atoms with Crippen molar-refractivity contribution in [2.45, 2.75) is 78.2 Å². The van der Waals surface area contributed by atoms with Gasteiger partial charge in [0.1, 0.15) is 6.04 Å². The van der Waals surface area contributed by atoms with Gasteiger partial charge in [0.15, 0.2) is 0 Å². The van der Waals surface area contributed by atoms with Crippen LogP contribution >= 0.6 is 0 Å². The maximum absolute atomic E-state index is 13.3. The zero-order valence-corrected chi connectivity index (χ0v) is 18.4. The highest BCUT2D eigenvalue weighted by Crippen LogP contribution is 2.63. The maximum atomic E-state index is 13.3. The van der Waals surface area contributed by atoms with Crippen LogP contribution in [0.5, 0.6) is 0 Å². The van der Waals surface area contributed by atoms with E-state index >= 15 is 0 Å². The van der Waals surface area contributed by atoms with Crippen molar-refractivity contribution in [3.05, 3.63) is 24.3 Å². The number of fused-ring (bicyclic) bond motifs is 3. The van der Waals surface area contributed by atoms with Crippen LogP contribution in [0.3, 0.4) is 0 Å². The summed E-state index contributed by atoms with van der Waals surface area (Å²) < 4.78 is 0. The number of carbonyl (C=O) groups is 3. The van der Waals surface area contributed by atoms with E-state index in [4.69, 9.17) is 5.11 Å². The largest absolute Gasteiger partial charge is 0.481 e. The van der Waals surface area contributed by atoms with E-state index in [1.54, 1.807) is 0 Å². The summed E-state index contributed by atoms with van der Waals surface area (Å²) in [5, 5.41) is 20.9. The topological polar surface area (TPSA) is 104 Å². The lowest BCUT2D eigenvalue weighted by atomic mass is 9.46. The van der Waals surface area contributed by atoms with Crippen molar-refractivity contribution in [2.75, 3.05) is 0 Å². The van der Waals surface area contributed by atoms with E-state index in [1.165, 1.54) is 5.57 Å². The van der Waals surface area contributed by atoms with Crippen molar-refractivity contribution < 1.29 is 24.6 Å². The fourth-order valence-corrected chi connectivity index (χ4v) is 6.58. The van der Waals surface area contributed by atoms with E-state index in [9.17, 15) is 19.5 Å². The van der Waals surface area contributed by atoms with E-state index in [1.807, 2.05) is 6.92 Å². The monoisotopic (exact) mass is 417 g/mol. The minimum atomic E-state index is -1.40. The summed E-state index contributed by atoms with van der Waals surface area (Å²) in [6.07, 6.45) is 10.5. The second-order valence-electron chi connectivity index (χ2n) is 10.4. The molecule has 0 aromatic heterocycles. The number of rotatable bonds is 6. The Hall–Kier alpha value is -2.11. The number of nitrogens with one attached hydrogen (secondary N) is 1. The molecule has 1 amide bonds. The predicted octanol–water partition coefficient (Wildman–Crippen LogP) is 4.17. The van der Waals surface area contributed by atoms with Gasteiger partial charge in [-0.25, -0.2) is 4.79 Å². The first-order valence-electron chi connectivity index (χ1n) is 11.0. The predicted molar refractivity (Wildman–Crippen MR) is 114 cm³/mol. The first-order valence-corrected chi connectivity index (χ1v) is 11.0. The molecule has 30 heavy (non-hydrogen) atoms. The van der Waals surface area contributed by atoms with Gasteiger partial charge < -0.3 is 15.5 Å². The molecule has 0 spiro atoms. The summed E-state index contributed by atoms with van der Waals surface area (Å²) in [5.74, 6) is -2.24. The summed E-state index contributed by atoms with van der Waals surface area (Å²) in [6, 6.07) is -1.40. The Labute approximate surface area is 178 Å². The van der Waals surface area contributed by atoms with Crippen LogP contribution in [0.2, 0.25) is 0 Å². The summed E-state index contributed by atoms with van der Waals surface area (Å²) in [4.78, 5) is 35.8. The van der Waals surface area contributed by atoms with Crippen molar-refractivity contribution in [1.29, 1.82) is 0 Å². The van der Waals surface area contributed by atoms with Crippen LogP contribution in [-0.4, -0.2) is 34.1 Å². The first kappa shape index (κ1) is 22.6. The van der Waals surface area contributed by atoms with Gasteiger partial charge in [-0.1, -0.05) is 44.9 Å². The molecule has 6 heteroatoms.